The zero-order chi connectivity index (χ0) is 21.7. The second-order valence-electron chi connectivity index (χ2n) is 5.89. The Kier molecular flexibility index (Phi) is 6.26. The molecule has 0 amide bonds. The van der Waals surface area contributed by atoms with Crippen LogP contribution in [0.1, 0.15) is 11.1 Å². The first-order chi connectivity index (χ1) is 14.2. The van der Waals surface area contributed by atoms with Gasteiger partial charge in [-0.25, -0.2) is 8.78 Å². The standard InChI is InChI=1S/C22H10F5NOS/c23-19-11-17(12-20(24)21(19)28-13-30)16-7-3-14(4-8-16)1-2-15-5-9-18(10-6-15)29-22(25,26)27/h3-12H. The Hall–Kier alpha value is -3.53. The molecule has 0 spiro atoms. The first-order valence-electron chi connectivity index (χ1n) is 8.30. The molecule has 0 unspecified atom stereocenters. The molecule has 150 valence electrons. The maximum absolute atomic E-state index is 14.0. The van der Waals surface area contributed by atoms with Crippen LogP contribution in [0.4, 0.5) is 27.6 Å². The number of ether oxygens (including phenoxy) is 1. The lowest BCUT2D eigenvalue weighted by Gasteiger charge is -2.08. The molecule has 3 rings (SSSR count). The minimum Gasteiger partial charge on any atom is -0.406 e. The van der Waals surface area contributed by atoms with E-state index >= 15 is 0 Å². The number of alkyl halides is 3. The lowest BCUT2D eigenvalue weighted by molar-refractivity contribution is -0.274. The second kappa shape index (κ2) is 8.87. The van der Waals surface area contributed by atoms with Crippen LogP contribution in [-0.2, 0) is 0 Å². The van der Waals surface area contributed by atoms with Crippen molar-refractivity contribution in [2.24, 2.45) is 4.99 Å². The summed E-state index contributed by atoms with van der Waals surface area (Å²) in [7, 11) is 0. The number of nitrogens with zero attached hydrogens (tertiary/aromatic N) is 1. The molecule has 0 aliphatic carbocycles. The van der Waals surface area contributed by atoms with E-state index < -0.39 is 23.7 Å². The van der Waals surface area contributed by atoms with Gasteiger partial charge in [0.25, 0.3) is 0 Å². The molecule has 0 aliphatic rings. The third-order valence-electron chi connectivity index (χ3n) is 3.83. The number of halogens is 5. The molecule has 0 saturated heterocycles. The molecule has 2 nitrogen and oxygen atoms in total. The zero-order valence-electron chi connectivity index (χ0n) is 14.9. The zero-order valence-corrected chi connectivity index (χ0v) is 15.7. The van der Waals surface area contributed by atoms with Crippen LogP contribution in [0.5, 0.6) is 5.75 Å². The van der Waals surface area contributed by atoms with E-state index in [0.717, 1.165) is 12.1 Å². The van der Waals surface area contributed by atoms with E-state index in [1.165, 1.54) is 24.3 Å². The fourth-order valence-corrected chi connectivity index (χ4v) is 2.61. The maximum Gasteiger partial charge on any atom is 0.573 e. The largest absolute Gasteiger partial charge is 0.573 e. The van der Waals surface area contributed by atoms with Gasteiger partial charge in [-0.15, -0.1) is 13.2 Å². The molecule has 0 aliphatic heterocycles. The molecule has 0 fully saturated rings. The van der Waals surface area contributed by atoms with E-state index in [1.54, 1.807) is 24.3 Å². The molecule has 3 aromatic rings. The van der Waals surface area contributed by atoms with Crippen LogP contribution < -0.4 is 4.74 Å². The number of rotatable bonds is 3. The minimum absolute atomic E-state index is 0.313. The van der Waals surface area contributed by atoms with Crippen LogP contribution in [0.3, 0.4) is 0 Å². The average Bonchev–Trinajstić information content (AvgIpc) is 2.69. The van der Waals surface area contributed by atoms with Crippen LogP contribution >= 0.6 is 12.2 Å². The van der Waals surface area contributed by atoms with Crippen molar-refractivity contribution in [2.75, 3.05) is 0 Å². The second-order valence-corrected chi connectivity index (χ2v) is 6.07. The van der Waals surface area contributed by atoms with Crippen LogP contribution in [0.2, 0.25) is 0 Å². The van der Waals surface area contributed by atoms with Crippen molar-refractivity contribution in [3.05, 3.63) is 83.4 Å². The van der Waals surface area contributed by atoms with E-state index in [-0.39, 0.29) is 5.75 Å². The van der Waals surface area contributed by atoms with Crippen molar-refractivity contribution in [3.8, 4) is 28.7 Å². The molecular weight excluding hydrogens is 421 g/mol. The monoisotopic (exact) mass is 431 g/mol. The Balaban J connectivity index is 1.77. The number of hydrogen-bond acceptors (Lipinski definition) is 3. The molecule has 0 heterocycles. The molecule has 8 heteroatoms. The van der Waals surface area contributed by atoms with Gasteiger partial charge in [-0.05, 0) is 71.9 Å². The van der Waals surface area contributed by atoms with Crippen LogP contribution in [0, 0.1) is 23.5 Å². The number of isothiocyanates is 1. The Bertz CT molecular complexity index is 1150. The summed E-state index contributed by atoms with van der Waals surface area (Å²) in [6.07, 6.45) is -4.75. The van der Waals surface area contributed by atoms with Crippen molar-refractivity contribution in [1.29, 1.82) is 0 Å². The molecule has 0 aromatic heterocycles. The van der Waals surface area contributed by atoms with E-state index in [2.05, 4.69) is 33.8 Å². The van der Waals surface area contributed by atoms with Gasteiger partial charge in [0.2, 0.25) is 0 Å². The number of aliphatic imine (C=N–C) groups is 1. The molecule has 0 bridgehead atoms. The van der Waals surface area contributed by atoms with E-state index in [0.29, 0.717) is 22.3 Å². The summed E-state index contributed by atoms with van der Waals surface area (Å²) < 4.78 is 68.2. The van der Waals surface area contributed by atoms with Gasteiger partial charge in [0, 0.05) is 11.1 Å². The Labute approximate surface area is 173 Å². The van der Waals surface area contributed by atoms with E-state index in [1.807, 2.05) is 5.16 Å². The molecular formula is C22H10F5NOS. The third-order valence-corrected chi connectivity index (χ3v) is 3.92. The van der Waals surface area contributed by atoms with Crippen LogP contribution in [0.15, 0.2) is 65.7 Å². The van der Waals surface area contributed by atoms with Crippen molar-refractivity contribution in [1.82, 2.24) is 0 Å². The van der Waals surface area contributed by atoms with Gasteiger partial charge in [0.1, 0.15) is 11.4 Å². The van der Waals surface area contributed by atoms with Gasteiger partial charge in [0.05, 0.1) is 5.16 Å². The van der Waals surface area contributed by atoms with Gasteiger partial charge in [-0.1, -0.05) is 24.0 Å². The fourth-order valence-electron chi connectivity index (χ4n) is 2.51. The Morgan fingerprint density at radius 3 is 1.73 bits per heavy atom. The Morgan fingerprint density at radius 2 is 1.27 bits per heavy atom. The highest BCUT2D eigenvalue weighted by Gasteiger charge is 2.30. The number of benzene rings is 3. The van der Waals surface area contributed by atoms with Gasteiger partial charge in [-0.3, -0.25) is 0 Å². The van der Waals surface area contributed by atoms with E-state index in [4.69, 9.17) is 0 Å². The van der Waals surface area contributed by atoms with Crippen LogP contribution in [-0.4, -0.2) is 11.5 Å². The van der Waals surface area contributed by atoms with Gasteiger partial charge >= 0.3 is 6.36 Å². The molecule has 3 aromatic carbocycles. The molecule has 0 radical (unpaired) electrons. The summed E-state index contributed by atoms with van der Waals surface area (Å²) in [4.78, 5) is 3.36. The topological polar surface area (TPSA) is 21.6 Å². The van der Waals surface area contributed by atoms with Gasteiger partial charge in [0.15, 0.2) is 11.6 Å². The summed E-state index contributed by atoms with van der Waals surface area (Å²) in [5.41, 5.74) is 1.48. The Morgan fingerprint density at radius 1 is 0.767 bits per heavy atom. The van der Waals surface area contributed by atoms with Crippen molar-refractivity contribution < 1.29 is 26.7 Å². The van der Waals surface area contributed by atoms with Crippen molar-refractivity contribution >= 4 is 23.1 Å². The SMILES string of the molecule is Fc1cc(-c2ccc(C#Cc3ccc(OC(F)(F)F)cc3)cc2)cc(F)c1N=C=S. The normalized spacial score (nSPS) is 10.6. The molecule has 0 N–H and O–H groups in total. The highest BCUT2D eigenvalue weighted by Crippen LogP contribution is 2.29. The first-order valence-corrected chi connectivity index (χ1v) is 8.71. The highest BCUT2D eigenvalue weighted by molar-refractivity contribution is 7.78. The van der Waals surface area contributed by atoms with Crippen molar-refractivity contribution in [2.45, 2.75) is 6.36 Å². The first kappa shape index (κ1) is 21.2. The summed E-state index contributed by atoms with van der Waals surface area (Å²) in [6, 6.07) is 14.0. The smallest absolute Gasteiger partial charge is 0.406 e. The predicted octanol–water partition coefficient (Wildman–Crippen LogP) is 6.66. The molecule has 0 saturated carbocycles. The van der Waals surface area contributed by atoms with Gasteiger partial charge < -0.3 is 4.74 Å². The highest BCUT2D eigenvalue weighted by atomic mass is 32.1. The summed E-state index contributed by atoms with van der Waals surface area (Å²) in [5, 5.41) is 1.93. The molecule has 30 heavy (non-hydrogen) atoms. The third kappa shape index (κ3) is 5.51. The summed E-state index contributed by atoms with van der Waals surface area (Å²) >= 11 is 4.37. The minimum atomic E-state index is -4.75. The van der Waals surface area contributed by atoms with Crippen LogP contribution in [0.25, 0.3) is 11.1 Å². The van der Waals surface area contributed by atoms with Gasteiger partial charge in [-0.2, -0.15) is 4.99 Å². The predicted molar refractivity (Wildman–Crippen MR) is 106 cm³/mol. The number of hydrogen-bond donors (Lipinski definition) is 0. The van der Waals surface area contributed by atoms with Crippen molar-refractivity contribution in [3.63, 3.8) is 0 Å². The average molecular weight is 431 g/mol. The molecule has 0 atom stereocenters. The lowest BCUT2D eigenvalue weighted by Crippen LogP contribution is -2.16. The quantitative estimate of drug-likeness (QED) is 0.200. The number of thiocarbonyl (C=S) groups is 1. The maximum atomic E-state index is 14.0. The summed E-state index contributed by atoms with van der Waals surface area (Å²) in [6.45, 7) is 0. The summed E-state index contributed by atoms with van der Waals surface area (Å²) in [5.74, 6) is 3.63. The lowest BCUT2D eigenvalue weighted by atomic mass is 10.0. The fraction of sp³-hybridized carbons (Fsp3) is 0.0455. The van der Waals surface area contributed by atoms with E-state index in [9.17, 15) is 22.0 Å².